The number of hydrogen-bond acceptors (Lipinski definition) is 7. The number of hydrogen-bond donors (Lipinski definition) is 3. The van der Waals surface area contributed by atoms with Crippen LogP contribution in [0.15, 0.2) is 48.8 Å². The number of nitrogens with one attached hydrogen (secondary N) is 2. The number of pyridine rings is 2. The molecule has 0 unspecified atom stereocenters. The molecule has 2 aliphatic rings. The summed E-state index contributed by atoms with van der Waals surface area (Å²) in [7, 11) is 0. The molecule has 3 N–H and O–H groups in total. The Bertz CT molecular complexity index is 1420. The molecule has 9 nitrogen and oxygen atoms in total. The molecule has 184 valence electrons. The first kappa shape index (κ1) is 22.5. The molecule has 0 atom stereocenters. The zero-order chi connectivity index (χ0) is 24.6. The average Bonchev–Trinajstić information content (AvgIpc) is 3.66. The van der Waals surface area contributed by atoms with E-state index in [1.54, 1.807) is 6.20 Å². The third-order valence-electron chi connectivity index (χ3n) is 7.06. The average molecular weight is 484 g/mol. The van der Waals surface area contributed by atoms with Crippen LogP contribution in [0.3, 0.4) is 0 Å². The molecule has 3 aromatic heterocycles. The Morgan fingerprint density at radius 3 is 2.69 bits per heavy atom. The van der Waals surface area contributed by atoms with Crippen LogP contribution in [0.5, 0.6) is 5.88 Å². The molecule has 1 saturated heterocycles. The van der Waals surface area contributed by atoms with Crippen molar-refractivity contribution in [2.75, 3.05) is 31.5 Å². The van der Waals surface area contributed by atoms with Crippen LogP contribution in [-0.2, 0) is 11.3 Å². The van der Waals surface area contributed by atoms with Gasteiger partial charge in [-0.15, -0.1) is 0 Å². The van der Waals surface area contributed by atoms with Gasteiger partial charge in [-0.2, -0.15) is 0 Å². The van der Waals surface area contributed by atoms with E-state index >= 15 is 0 Å². The van der Waals surface area contributed by atoms with Crippen molar-refractivity contribution < 1.29 is 9.90 Å². The monoisotopic (exact) mass is 483 g/mol. The molecule has 0 radical (unpaired) electrons. The van der Waals surface area contributed by atoms with Gasteiger partial charge in [0.05, 0.1) is 11.0 Å². The van der Waals surface area contributed by atoms with Crippen LogP contribution in [0, 0.1) is 12.8 Å². The number of aromatic nitrogens is 4. The first-order valence-electron chi connectivity index (χ1n) is 12.4. The van der Waals surface area contributed by atoms with Crippen LogP contribution >= 0.6 is 0 Å². The number of carbonyl (C=O) groups is 1. The van der Waals surface area contributed by atoms with Crippen LogP contribution in [-0.4, -0.2) is 66.9 Å². The van der Waals surface area contributed by atoms with Crippen molar-refractivity contribution in [1.82, 2.24) is 29.7 Å². The van der Waals surface area contributed by atoms with Gasteiger partial charge in [-0.3, -0.25) is 9.69 Å². The van der Waals surface area contributed by atoms with Gasteiger partial charge >= 0.3 is 0 Å². The van der Waals surface area contributed by atoms with Crippen LogP contribution in [0.2, 0.25) is 0 Å². The third-order valence-corrected chi connectivity index (χ3v) is 7.06. The Balaban J connectivity index is 1.12. The number of aromatic amines is 1. The maximum Gasteiger partial charge on any atom is 0.225 e. The first-order chi connectivity index (χ1) is 17.5. The maximum atomic E-state index is 12.3. The van der Waals surface area contributed by atoms with Crippen molar-refractivity contribution in [3.63, 3.8) is 0 Å². The quantitative estimate of drug-likeness (QED) is 0.382. The first-order valence-corrected chi connectivity index (χ1v) is 12.4. The minimum atomic E-state index is 0.0409. The van der Waals surface area contributed by atoms with E-state index < -0.39 is 0 Å². The number of nitrogens with zero attached hydrogens (tertiary/aromatic N) is 5. The summed E-state index contributed by atoms with van der Waals surface area (Å²) in [6, 6.07) is 11.9. The highest BCUT2D eigenvalue weighted by molar-refractivity contribution is 5.85. The molecule has 1 amide bonds. The zero-order valence-corrected chi connectivity index (χ0v) is 20.2. The second-order valence-electron chi connectivity index (χ2n) is 9.67. The van der Waals surface area contributed by atoms with Gasteiger partial charge in [-0.1, -0.05) is 6.07 Å². The molecule has 1 saturated carbocycles. The Labute approximate surface area is 209 Å². The van der Waals surface area contributed by atoms with Crippen molar-refractivity contribution in [2.45, 2.75) is 26.3 Å². The second kappa shape index (κ2) is 9.23. The summed E-state index contributed by atoms with van der Waals surface area (Å²) in [6.45, 7) is 6.09. The third kappa shape index (κ3) is 4.61. The van der Waals surface area contributed by atoms with Gasteiger partial charge in [-0.05, 0) is 66.8 Å². The Kier molecular flexibility index (Phi) is 5.77. The summed E-state index contributed by atoms with van der Waals surface area (Å²) in [5, 5.41) is 13.3. The highest BCUT2D eigenvalue weighted by atomic mass is 16.3. The fraction of sp³-hybridized carbons (Fsp3) is 0.333. The van der Waals surface area contributed by atoms with Gasteiger partial charge in [0.15, 0.2) is 0 Å². The number of anilines is 2. The molecule has 4 heterocycles. The van der Waals surface area contributed by atoms with Crippen LogP contribution < -0.4 is 5.32 Å². The van der Waals surface area contributed by atoms with Gasteiger partial charge in [-0.25, -0.2) is 15.0 Å². The summed E-state index contributed by atoms with van der Waals surface area (Å²) < 4.78 is 0. The molecule has 1 aliphatic heterocycles. The molecular weight excluding hydrogens is 454 g/mol. The molecule has 6 rings (SSSR count). The lowest BCUT2D eigenvalue weighted by Crippen LogP contribution is -2.48. The molecule has 0 bridgehead atoms. The van der Waals surface area contributed by atoms with Crippen molar-refractivity contribution in [1.29, 1.82) is 0 Å². The number of fused-ring (bicyclic) bond motifs is 1. The van der Waals surface area contributed by atoms with E-state index in [0.29, 0.717) is 17.8 Å². The minimum absolute atomic E-state index is 0.0409. The molecule has 1 aliphatic carbocycles. The highest BCUT2D eigenvalue weighted by Crippen LogP contribution is 2.32. The maximum absolute atomic E-state index is 12.3. The summed E-state index contributed by atoms with van der Waals surface area (Å²) >= 11 is 0. The van der Waals surface area contributed by atoms with E-state index in [2.05, 4.69) is 30.2 Å². The molecule has 36 heavy (non-hydrogen) atoms. The summed E-state index contributed by atoms with van der Waals surface area (Å²) in [4.78, 5) is 33.1. The number of amides is 1. The Morgan fingerprint density at radius 1 is 1.08 bits per heavy atom. The van der Waals surface area contributed by atoms with E-state index in [0.717, 1.165) is 79.1 Å². The molecule has 9 heteroatoms. The topological polar surface area (TPSA) is 110 Å². The van der Waals surface area contributed by atoms with E-state index in [4.69, 9.17) is 0 Å². The van der Waals surface area contributed by atoms with Gasteiger partial charge < -0.3 is 20.3 Å². The zero-order valence-electron chi connectivity index (χ0n) is 20.2. The summed E-state index contributed by atoms with van der Waals surface area (Å²) in [6.07, 6.45) is 5.54. The van der Waals surface area contributed by atoms with Crippen LogP contribution in [0.25, 0.3) is 22.2 Å². The fourth-order valence-corrected chi connectivity index (χ4v) is 4.81. The molecular formula is C27H29N7O2. The molecule has 1 aromatic carbocycles. The normalized spacial score (nSPS) is 16.4. The second-order valence-corrected chi connectivity index (χ2v) is 9.67. The number of piperazine rings is 1. The largest absolute Gasteiger partial charge is 0.493 e. The van der Waals surface area contributed by atoms with Gasteiger partial charge in [0.1, 0.15) is 5.82 Å². The fourth-order valence-electron chi connectivity index (χ4n) is 4.81. The number of aromatic hydroxyl groups is 1. The highest BCUT2D eigenvalue weighted by Gasteiger charge is 2.34. The molecule has 2 fully saturated rings. The smallest absolute Gasteiger partial charge is 0.225 e. The number of H-pyrrole nitrogens is 1. The Morgan fingerprint density at radius 2 is 1.89 bits per heavy atom. The lowest BCUT2D eigenvalue weighted by Gasteiger charge is -2.34. The summed E-state index contributed by atoms with van der Waals surface area (Å²) in [5.74, 6) is 2.03. The number of benzene rings is 1. The molecule has 0 spiro atoms. The van der Waals surface area contributed by atoms with E-state index in [1.807, 2.05) is 54.4 Å². The van der Waals surface area contributed by atoms with E-state index in [1.165, 1.54) is 5.56 Å². The van der Waals surface area contributed by atoms with E-state index in [-0.39, 0.29) is 5.88 Å². The number of carbonyl (C=O) groups excluding carboxylic acids is 1. The van der Waals surface area contributed by atoms with Crippen molar-refractivity contribution in [2.24, 2.45) is 5.92 Å². The van der Waals surface area contributed by atoms with E-state index in [9.17, 15) is 9.90 Å². The Hall–Kier alpha value is -3.98. The number of imidazole rings is 1. The standard InChI is InChI=1S/C27H29N7O2/c1-17-21(7-9-29-25(17)35)20-4-5-22-23(15-20)31-27(30-22)32-24-14-18(6-8-28-24)16-33-10-12-34(13-11-33)26(36)19-2-3-19/h4-9,14-15,19H,2-3,10-13,16H2,1H3,(H,29,35)(H2,28,30,31,32). The predicted octanol–water partition coefficient (Wildman–Crippen LogP) is 3.83. The summed E-state index contributed by atoms with van der Waals surface area (Å²) in [5.41, 5.74) is 5.55. The predicted molar refractivity (Wildman–Crippen MR) is 138 cm³/mol. The number of rotatable bonds is 6. The van der Waals surface area contributed by atoms with Crippen molar-refractivity contribution in [3.8, 4) is 17.0 Å². The van der Waals surface area contributed by atoms with Gasteiger partial charge in [0, 0.05) is 56.6 Å². The lowest BCUT2D eigenvalue weighted by atomic mass is 10.0. The lowest BCUT2D eigenvalue weighted by molar-refractivity contribution is -0.134. The van der Waals surface area contributed by atoms with Crippen LogP contribution in [0.4, 0.5) is 11.8 Å². The molecule has 4 aromatic rings. The van der Waals surface area contributed by atoms with Gasteiger partial charge in [0.2, 0.25) is 17.7 Å². The van der Waals surface area contributed by atoms with Gasteiger partial charge in [0.25, 0.3) is 0 Å². The van der Waals surface area contributed by atoms with Crippen molar-refractivity contribution in [3.05, 3.63) is 59.9 Å². The van der Waals surface area contributed by atoms with Crippen molar-refractivity contribution >= 4 is 28.7 Å². The SMILES string of the molecule is Cc1c(-c2ccc3nc(Nc4cc(CN5CCN(C(=O)C6CC6)CC5)ccn4)[nH]c3c2)ccnc1O. The van der Waals surface area contributed by atoms with Crippen LogP contribution in [0.1, 0.15) is 24.0 Å². The minimum Gasteiger partial charge on any atom is -0.493 e.